The number of rotatable bonds is 5. The molecule has 0 saturated heterocycles. The molecule has 1 aromatic rings. The molecule has 19 heavy (non-hydrogen) atoms. The van der Waals surface area contributed by atoms with Crippen molar-refractivity contribution in [1.82, 2.24) is 10.2 Å². The Bertz CT molecular complexity index is 396. The topological polar surface area (TPSA) is 15.3 Å². The van der Waals surface area contributed by atoms with Crippen LogP contribution in [0.2, 0.25) is 0 Å². The van der Waals surface area contributed by atoms with Crippen LogP contribution in [0.3, 0.4) is 0 Å². The maximum atomic E-state index is 13.1. The Labute approximate surface area is 116 Å². The van der Waals surface area contributed by atoms with E-state index in [1.165, 1.54) is 6.07 Å². The molecule has 0 spiro atoms. The summed E-state index contributed by atoms with van der Waals surface area (Å²) in [5.74, 6) is -1.23. The van der Waals surface area contributed by atoms with Crippen LogP contribution in [0.25, 0.3) is 0 Å². The molecule has 0 aliphatic rings. The molecular weight excluding hydrogens is 284 g/mol. The van der Waals surface area contributed by atoms with E-state index < -0.39 is 17.6 Å². The van der Waals surface area contributed by atoms with Crippen LogP contribution in [0, 0.1) is 5.82 Å². The Morgan fingerprint density at radius 3 is 2.42 bits per heavy atom. The molecule has 0 heterocycles. The zero-order valence-corrected chi connectivity index (χ0v) is 11.5. The fourth-order valence-electron chi connectivity index (χ4n) is 1.58. The lowest BCUT2D eigenvalue weighted by Crippen LogP contribution is -2.27. The van der Waals surface area contributed by atoms with Gasteiger partial charge < -0.3 is 10.2 Å². The smallest absolute Gasteiger partial charge is 0.318 e. The van der Waals surface area contributed by atoms with Crippen molar-refractivity contribution >= 4 is 12.4 Å². The molecule has 0 atom stereocenters. The highest BCUT2D eigenvalue weighted by Gasteiger charge is 2.34. The molecule has 1 aromatic carbocycles. The number of nitrogens with one attached hydrogen (secondary N) is 1. The summed E-state index contributed by atoms with van der Waals surface area (Å²) in [6.07, 6.45) is -4.65. The quantitative estimate of drug-likeness (QED) is 0.841. The van der Waals surface area contributed by atoms with Crippen molar-refractivity contribution < 1.29 is 17.6 Å². The Morgan fingerprint density at radius 1 is 1.26 bits per heavy atom. The van der Waals surface area contributed by atoms with Crippen molar-refractivity contribution in [2.45, 2.75) is 12.7 Å². The summed E-state index contributed by atoms with van der Waals surface area (Å²) < 4.78 is 50.6. The van der Waals surface area contributed by atoms with E-state index in [4.69, 9.17) is 0 Å². The Morgan fingerprint density at radius 2 is 1.89 bits per heavy atom. The van der Waals surface area contributed by atoms with Gasteiger partial charge in [-0.1, -0.05) is 6.07 Å². The zero-order chi connectivity index (χ0) is 13.8. The van der Waals surface area contributed by atoms with Gasteiger partial charge in [0.25, 0.3) is 0 Å². The first kappa shape index (κ1) is 18.1. The largest absolute Gasteiger partial charge is 0.419 e. The lowest BCUT2D eigenvalue weighted by molar-refractivity contribution is -0.140. The Kier molecular flexibility index (Phi) is 7.33. The number of halogens is 5. The van der Waals surface area contributed by atoms with E-state index in [2.05, 4.69) is 5.32 Å². The van der Waals surface area contributed by atoms with Gasteiger partial charge in [-0.3, -0.25) is 0 Å². The predicted molar refractivity (Wildman–Crippen MR) is 68.9 cm³/mol. The summed E-state index contributed by atoms with van der Waals surface area (Å²) in [5, 5.41) is 2.95. The highest BCUT2D eigenvalue weighted by atomic mass is 35.5. The number of alkyl halides is 3. The van der Waals surface area contributed by atoms with Crippen LogP contribution in [0.15, 0.2) is 18.2 Å². The standard InChI is InChI=1S/C12H16F4N2.ClH/c1-17-5-6-18(2)8-9-3-4-11(13)10(7-9)12(14,15)16;/h3-4,7,17H,5-6,8H2,1-2H3;1H. The number of hydrogen-bond acceptors (Lipinski definition) is 2. The molecular formula is C12H17ClF4N2. The number of benzene rings is 1. The summed E-state index contributed by atoms with van der Waals surface area (Å²) in [4.78, 5) is 1.86. The predicted octanol–water partition coefficient (Wildman–Crippen LogP) is 2.92. The van der Waals surface area contributed by atoms with Crippen molar-refractivity contribution in [3.63, 3.8) is 0 Å². The van der Waals surface area contributed by atoms with Crippen molar-refractivity contribution in [1.29, 1.82) is 0 Å². The van der Waals surface area contributed by atoms with Crippen LogP contribution in [-0.2, 0) is 12.7 Å². The maximum absolute atomic E-state index is 13.1. The maximum Gasteiger partial charge on any atom is 0.419 e. The average Bonchev–Trinajstić information content (AvgIpc) is 2.27. The Hall–Kier alpha value is -0.850. The highest BCUT2D eigenvalue weighted by molar-refractivity contribution is 5.85. The van der Waals surface area contributed by atoms with E-state index in [1.54, 1.807) is 14.1 Å². The fraction of sp³-hybridized carbons (Fsp3) is 0.500. The van der Waals surface area contributed by atoms with Gasteiger partial charge in [0, 0.05) is 19.6 Å². The van der Waals surface area contributed by atoms with Crippen LogP contribution in [0.5, 0.6) is 0 Å². The van der Waals surface area contributed by atoms with Crippen molar-refractivity contribution in [2.75, 3.05) is 27.2 Å². The van der Waals surface area contributed by atoms with Crippen LogP contribution < -0.4 is 5.32 Å². The van der Waals surface area contributed by atoms with Gasteiger partial charge in [-0.25, -0.2) is 4.39 Å². The molecule has 0 aromatic heterocycles. The van der Waals surface area contributed by atoms with Crippen molar-refractivity contribution in [3.8, 4) is 0 Å². The summed E-state index contributed by atoms with van der Waals surface area (Å²) in [5.41, 5.74) is -0.760. The lowest BCUT2D eigenvalue weighted by Gasteiger charge is -2.17. The second-order valence-corrected chi connectivity index (χ2v) is 4.15. The molecule has 2 nitrogen and oxygen atoms in total. The molecule has 0 aliphatic carbocycles. The molecule has 0 bridgehead atoms. The first-order valence-corrected chi connectivity index (χ1v) is 5.53. The second-order valence-electron chi connectivity index (χ2n) is 4.15. The molecule has 0 amide bonds. The Balaban J connectivity index is 0.00000324. The minimum atomic E-state index is -4.65. The van der Waals surface area contributed by atoms with Gasteiger partial charge in [-0.15, -0.1) is 12.4 Å². The number of likely N-dealkylation sites (N-methyl/N-ethyl adjacent to an activating group) is 2. The number of nitrogens with zero attached hydrogens (tertiary/aromatic N) is 1. The molecule has 7 heteroatoms. The fourth-order valence-corrected chi connectivity index (χ4v) is 1.58. The third kappa shape index (κ3) is 5.76. The van der Waals surface area contributed by atoms with Gasteiger partial charge in [0.2, 0.25) is 0 Å². The van der Waals surface area contributed by atoms with Gasteiger partial charge in [0.05, 0.1) is 5.56 Å². The molecule has 110 valence electrons. The first-order valence-electron chi connectivity index (χ1n) is 5.53. The summed E-state index contributed by atoms with van der Waals surface area (Å²) >= 11 is 0. The van der Waals surface area contributed by atoms with Gasteiger partial charge in [-0.2, -0.15) is 13.2 Å². The second kappa shape index (κ2) is 7.67. The van der Waals surface area contributed by atoms with Crippen LogP contribution >= 0.6 is 12.4 Å². The molecule has 0 unspecified atom stereocenters. The number of hydrogen-bond donors (Lipinski definition) is 1. The molecule has 0 aliphatic heterocycles. The third-order valence-electron chi connectivity index (χ3n) is 2.53. The average molecular weight is 301 g/mol. The summed E-state index contributed by atoms with van der Waals surface area (Å²) in [6, 6.07) is 3.11. The SMILES string of the molecule is CNCCN(C)Cc1ccc(F)c(C(F)(F)F)c1.Cl. The van der Waals surface area contributed by atoms with Crippen molar-refractivity contribution in [3.05, 3.63) is 35.1 Å². The van der Waals surface area contributed by atoms with E-state index in [0.717, 1.165) is 18.7 Å². The lowest BCUT2D eigenvalue weighted by atomic mass is 10.1. The summed E-state index contributed by atoms with van der Waals surface area (Å²) in [6.45, 7) is 1.80. The summed E-state index contributed by atoms with van der Waals surface area (Å²) in [7, 11) is 3.60. The van der Waals surface area contributed by atoms with E-state index in [1.807, 2.05) is 4.90 Å². The minimum absolute atomic E-state index is 0. The van der Waals surface area contributed by atoms with Gasteiger partial charge >= 0.3 is 6.18 Å². The monoisotopic (exact) mass is 300 g/mol. The molecule has 0 radical (unpaired) electrons. The molecule has 1 rings (SSSR count). The van der Waals surface area contributed by atoms with E-state index in [9.17, 15) is 17.6 Å². The van der Waals surface area contributed by atoms with E-state index >= 15 is 0 Å². The molecule has 0 saturated carbocycles. The van der Waals surface area contributed by atoms with Gasteiger partial charge in [0.15, 0.2) is 0 Å². The van der Waals surface area contributed by atoms with E-state index in [-0.39, 0.29) is 12.4 Å². The first-order chi connectivity index (χ1) is 8.34. The van der Waals surface area contributed by atoms with E-state index in [0.29, 0.717) is 18.7 Å². The van der Waals surface area contributed by atoms with Crippen LogP contribution in [0.4, 0.5) is 17.6 Å². The molecule has 1 N–H and O–H groups in total. The van der Waals surface area contributed by atoms with Gasteiger partial charge in [0.1, 0.15) is 5.82 Å². The van der Waals surface area contributed by atoms with Crippen LogP contribution in [0.1, 0.15) is 11.1 Å². The zero-order valence-electron chi connectivity index (χ0n) is 10.7. The van der Waals surface area contributed by atoms with Crippen molar-refractivity contribution in [2.24, 2.45) is 0 Å². The van der Waals surface area contributed by atoms with Gasteiger partial charge in [-0.05, 0) is 31.8 Å². The third-order valence-corrected chi connectivity index (χ3v) is 2.53. The normalized spacial score (nSPS) is 11.5. The minimum Gasteiger partial charge on any atom is -0.318 e. The van der Waals surface area contributed by atoms with Crippen LogP contribution in [-0.4, -0.2) is 32.1 Å². The highest BCUT2D eigenvalue weighted by Crippen LogP contribution is 2.32. The molecule has 0 fully saturated rings.